The largest absolute Gasteiger partial charge is 0.573 e. The molecule has 2 saturated carbocycles. The molecule has 0 saturated heterocycles. The molecule has 0 unspecified atom stereocenters. The van der Waals surface area contributed by atoms with Gasteiger partial charge in [0.25, 0.3) is 0 Å². The summed E-state index contributed by atoms with van der Waals surface area (Å²) in [6, 6.07) is 20.6. The van der Waals surface area contributed by atoms with E-state index in [-0.39, 0.29) is 22.7 Å². The second-order valence-corrected chi connectivity index (χ2v) is 15.4. The van der Waals surface area contributed by atoms with E-state index in [0.29, 0.717) is 34.5 Å². The molecule has 4 aromatic heterocycles. The zero-order chi connectivity index (χ0) is 42.9. The molecule has 3 aromatic carbocycles. The van der Waals surface area contributed by atoms with Crippen molar-refractivity contribution in [1.82, 2.24) is 19.1 Å². The van der Waals surface area contributed by atoms with Crippen LogP contribution < -0.4 is 15.4 Å². The van der Waals surface area contributed by atoms with Gasteiger partial charge in [0.1, 0.15) is 28.5 Å². The number of aromatic carboxylic acids is 2. The van der Waals surface area contributed by atoms with E-state index in [1.165, 1.54) is 18.2 Å². The zero-order valence-corrected chi connectivity index (χ0v) is 34.7. The van der Waals surface area contributed by atoms with Crippen molar-refractivity contribution in [2.24, 2.45) is 14.1 Å². The maximum atomic E-state index is 12.7. The van der Waals surface area contributed by atoms with E-state index >= 15 is 0 Å². The molecule has 9 rings (SSSR count). The van der Waals surface area contributed by atoms with Crippen LogP contribution in [0.2, 0.25) is 0 Å². The molecule has 2 aliphatic rings. The Balaban J connectivity index is 0.000000184. The molecule has 4 N–H and O–H groups in total. The lowest BCUT2D eigenvalue weighted by atomic mass is 10.0. The minimum absolute atomic E-state index is 0.0692. The Bertz CT molecular complexity index is 2740. The molecule has 7 aromatic rings. The van der Waals surface area contributed by atoms with Gasteiger partial charge in [-0.1, -0.05) is 26.0 Å². The lowest BCUT2D eigenvalue weighted by Crippen LogP contribution is -2.17. The Morgan fingerprint density at radius 2 is 1.23 bits per heavy atom. The Hall–Kier alpha value is -6.35. The number of fused-ring (bicyclic) bond motifs is 2. The van der Waals surface area contributed by atoms with Gasteiger partial charge < -0.3 is 34.7 Å². The summed E-state index contributed by atoms with van der Waals surface area (Å²) in [5.41, 5.74) is 6.64. The number of carboxylic acid groups (broad SMARTS) is 2. The first-order chi connectivity index (χ1) is 28.7. The number of benzene rings is 3. The molecule has 0 spiro atoms. The van der Waals surface area contributed by atoms with Gasteiger partial charge in [-0.05, 0) is 131 Å². The highest BCUT2D eigenvalue weighted by Gasteiger charge is 2.31. The number of halogens is 4. The summed E-state index contributed by atoms with van der Waals surface area (Å²) in [6.45, 7) is 4.00. The number of carbonyl (C=O) groups is 2. The first-order valence-electron chi connectivity index (χ1n) is 19.4. The topological polar surface area (TPSA) is 144 Å². The van der Waals surface area contributed by atoms with E-state index in [9.17, 15) is 33.0 Å². The second-order valence-electron chi connectivity index (χ2n) is 14.5. The van der Waals surface area contributed by atoms with Gasteiger partial charge in [-0.15, -0.1) is 13.2 Å². The molecule has 0 bridgehead atoms. The van der Waals surface area contributed by atoms with Crippen LogP contribution >= 0.6 is 15.9 Å². The molecule has 0 atom stereocenters. The molecule has 0 amide bonds. The lowest BCUT2D eigenvalue weighted by Gasteiger charge is -2.15. The molecule has 15 heteroatoms. The van der Waals surface area contributed by atoms with Crippen molar-refractivity contribution in [3.05, 3.63) is 124 Å². The minimum Gasteiger partial charge on any atom is -0.478 e. The highest BCUT2D eigenvalue weighted by atomic mass is 79.9. The highest BCUT2D eigenvalue weighted by molar-refractivity contribution is 9.10. The van der Waals surface area contributed by atoms with Gasteiger partial charge in [0.05, 0.1) is 11.0 Å². The standard InChI is InChI=1S/C25H20F3N3O3.C18H16BrN3O2.C2H6/c1-31-8-7-16-9-18(30-23-21(24(32)33)11-17(13-29-23)14-5-6-14)12-20(22(16)31)15-3-2-4-19(10-15)34-25(26,27)28;1-22-5-4-11-6-13(8-15(19)16(11)22)21-17-14(18(23)24)7-12(9-20-17)10-2-3-10;1-2/h2-4,7-14H,5-6H2,1H3,(H,29,30)(H,32,33);4-10H,2-3H2,1H3,(H,20,21)(H,23,24);1-2H3. The summed E-state index contributed by atoms with van der Waals surface area (Å²) >= 11 is 3.58. The van der Waals surface area contributed by atoms with Gasteiger partial charge in [-0.2, -0.15) is 0 Å². The van der Waals surface area contributed by atoms with Crippen LogP contribution in [0.25, 0.3) is 32.9 Å². The van der Waals surface area contributed by atoms with Crippen molar-refractivity contribution in [1.29, 1.82) is 0 Å². The maximum Gasteiger partial charge on any atom is 0.573 e. The van der Waals surface area contributed by atoms with Crippen LogP contribution in [-0.2, 0) is 14.1 Å². The van der Waals surface area contributed by atoms with Gasteiger partial charge in [0, 0.05) is 71.1 Å². The fourth-order valence-corrected chi connectivity index (χ4v) is 7.85. The SMILES string of the molecule is CC.Cn1ccc2cc(Nc3ncc(C4CC4)cc3C(=O)O)cc(-c3cccc(OC(F)(F)F)c3)c21.Cn1ccc2cc(Nc3ncc(C4CC4)cc3C(=O)O)cc(Br)c21. The number of hydrogen-bond acceptors (Lipinski definition) is 7. The molecule has 0 radical (unpaired) electrons. The maximum absolute atomic E-state index is 12.7. The molecule has 0 aliphatic heterocycles. The van der Waals surface area contributed by atoms with Crippen molar-refractivity contribution in [2.75, 3.05) is 10.6 Å². The molecular formula is C45H42BrF3N6O5. The molecule has 2 fully saturated rings. The fourth-order valence-electron chi connectivity index (χ4n) is 7.10. The van der Waals surface area contributed by atoms with E-state index in [0.717, 1.165) is 68.8 Å². The number of aryl methyl sites for hydroxylation is 2. The predicted molar refractivity (Wildman–Crippen MR) is 230 cm³/mol. The summed E-state index contributed by atoms with van der Waals surface area (Å²) in [6.07, 6.45) is 6.79. The Kier molecular flexibility index (Phi) is 11.9. The van der Waals surface area contributed by atoms with Gasteiger partial charge in [0.2, 0.25) is 0 Å². The third-order valence-electron chi connectivity index (χ3n) is 10.2. The summed E-state index contributed by atoms with van der Waals surface area (Å²) < 4.78 is 47.2. The molecule has 2 aliphatic carbocycles. The van der Waals surface area contributed by atoms with Crippen LogP contribution in [-0.4, -0.2) is 47.6 Å². The van der Waals surface area contributed by atoms with Crippen molar-refractivity contribution in [2.45, 2.75) is 57.7 Å². The number of nitrogens with zero attached hydrogens (tertiary/aromatic N) is 4. The summed E-state index contributed by atoms with van der Waals surface area (Å²) in [5.74, 6) is -0.974. The Labute approximate surface area is 352 Å². The number of nitrogens with one attached hydrogen (secondary N) is 2. The van der Waals surface area contributed by atoms with Crippen molar-refractivity contribution in [3.8, 4) is 16.9 Å². The van der Waals surface area contributed by atoms with Crippen LogP contribution in [0.15, 0.2) is 102 Å². The zero-order valence-electron chi connectivity index (χ0n) is 33.1. The van der Waals surface area contributed by atoms with E-state index in [1.807, 2.05) is 79.8 Å². The van der Waals surface area contributed by atoms with Crippen LogP contribution in [0.4, 0.5) is 36.2 Å². The van der Waals surface area contributed by atoms with Gasteiger partial charge in [-0.3, -0.25) is 0 Å². The normalized spacial score (nSPS) is 13.5. The first kappa shape index (κ1) is 41.8. The summed E-state index contributed by atoms with van der Waals surface area (Å²) in [5, 5.41) is 27.4. The van der Waals surface area contributed by atoms with Gasteiger partial charge in [0.15, 0.2) is 0 Å². The highest BCUT2D eigenvalue weighted by Crippen LogP contribution is 2.42. The van der Waals surface area contributed by atoms with Crippen molar-refractivity contribution < 1.29 is 37.7 Å². The monoisotopic (exact) mass is 882 g/mol. The second kappa shape index (κ2) is 17.1. The smallest absolute Gasteiger partial charge is 0.478 e. The average molecular weight is 884 g/mol. The van der Waals surface area contributed by atoms with Crippen molar-refractivity contribution in [3.63, 3.8) is 0 Å². The van der Waals surface area contributed by atoms with Crippen LogP contribution in [0.3, 0.4) is 0 Å². The summed E-state index contributed by atoms with van der Waals surface area (Å²) in [7, 11) is 3.83. The quantitative estimate of drug-likeness (QED) is 0.106. The van der Waals surface area contributed by atoms with Crippen LogP contribution in [0, 0.1) is 0 Å². The molecule has 11 nitrogen and oxygen atoms in total. The number of alkyl halides is 3. The number of carboxylic acids is 2. The number of ether oxygens (including phenoxy) is 1. The molecule has 60 heavy (non-hydrogen) atoms. The summed E-state index contributed by atoms with van der Waals surface area (Å²) in [4.78, 5) is 32.2. The van der Waals surface area contributed by atoms with Crippen LogP contribution in [0.1, 0.15) is 83.2 Å². The third-order valence-corrected chi connectivity index (χ3v) is 10.8. The lowest BCUT2D eigenvalue weighted by molar-refractivity contribution is -0.274. The number of anilines is 4. The number of aromatic nitrogens is 4. The first-order valence-corrected chi connectivity index (χ1v) is 20.2. The van der Waals surface area contributed by atoms with Crippen LogP contribution in [0.5, 0.6) is 5.75 Å². The van der Waals surface area contributed by atoms with E-state index in [4.69, 9.17) is 0 Å². The Morgan fingerprint density at radius 3 is 1.73 bits per heavy atom. The van der Waals surface area contributed by atoms with Gasteiger partial charge >= 0.3 is 18.3 Å². The number of pyridine rings is 2. The average Bonchev–Trinajstić information content (AvgIpc) is 4.15. The molecule has 310 valence electrons. The third kappa shape index (κ3) is 9.41. The Morgan fingerprint density at radius 1 is 0.733 bits per heavy atom. The number of rotatable bonds is 10. The van der Waals surface area contributed by atoms with E-state index in [1.54, 1.807) is 36.7 Å². The van der Waals surface area contributed by atoms with Gasteiger partial charge in [-0.25, -0.2) is 19.6 Å². The minimum atomic E-state index is -4.80. The fraction of sp³-hybridized carbons (Fsp3) is 0.244. The number of hydrogen-bond donors (Lipinski definition) is 4. The predicted octanol–water partition coefficient (Wildman–Crippen LogP) is 12.1. The van der Waals surface area contributed by atoms with E-state index in [2.05, 4.69) is 41.3 Å². The van der Waals surface area contributed by atoms with E-state index < -0.39 is 18.3 Å². The molecule has 4 heterocycles. The van der Waals surface area contributed by atoms with Crippen molar-refractivity contribution >= 4 is 72.7 Å². The molecular weight excluding hydrogens is 841 g/mol.